The van der Waals surface area contributed by atoms with Gasteiger partial charge in [0.25, 0.3) is 0 Å². The van der Waals surface area contributed by atoms with Gasteiger partial charge in [0.05, 0.1) is 30.5 Å². The molecule has 7 aliphatic heterocycles. The number of nitriles is 1. The first-order chi connectivity index (χ1) is 24.1. The molecule has 50 heavy (non-hydrogen) atoms. The first-order valence-corrected chi connectivity index (χ1v) is 18.0. The summed E-state index contributed by atoms with van der Waals surface area (Å²) in [5.74, 6) is 1.41. The van der Waals surface area contributed by atoms with Crippen molar-refractivity contribution in [3.05, 3.63) is 68.3 Å². The summed E-state index contributed by atoms with van der Waals surface area (Å²) in [7, 11) is 1.54. The summed E-state index contributed by atoms with van der Waals surface area (Å²) in [4.78, 5) is 16.7. The fourth-order valence-electron chi connectivity index (χ4n) is 9.49. The summed E-state index contributed by atoms with van der Waals surface area (Å²) in [5.41, 5.74) is 5.34. The van der Waals surface area contributed by atoms with Crippen LogP contribution in [0.5, 0.6) is 34.5 Å². The number of esters is 1. The van der Waals surface area contributed by atoms with Gasteiger partial charge in [-0.15, -0.1) is 11.8 Å². The maximum Gasteiger partial charge on any atom is 0.331 e. The van der Waals surface area contributed by atoms with Crippen LogP contribution in [-0.4, -0.2) is 77.1 Å². The highest BCUT2D eigenvalue weighted by molar-refractivity contribution is 7.99. The normalized spacial score (nSPS) is 30.4. The van der Waals surface area contributed by atoms with Crippen molar-refractivity contribution in [2.24, 2.45) is 0 Å². The molecule has 1 unspecified atom stereocenters. The van der Waals surface area contributed by atoms with Gasteiger partial charge in [-0.05, 0) is 73.6 Å². The summed E-state index contributed by atoms with van der Waals surface area (Å²) >= 11 is 1.50. The first kappa shape index (κ1) is 31.6. The molecule has 5 N–H and O–H groups in total. The second-order valence-corrected chi connectivity index (χ2v) is 15.3. The standard InChI is InChI=1S/C37H38N4O8S/c1-15-8-20-18(10-24(15)42)5-6-39-37(20)13-50-35-27-26(34-33(48-14-49-34)17(3)30(27)43)23(12-47-36(37)45)41-22(11-38)21-9-19-7-16(2)32(46-4)31(44)25(19)28(40-21)29(35)41/h7-8,10,21-23,28-29,35,39-40,42-44H,5-6,9,12-14H2,1-4H3/t21-,22-,23-,28+,29?,35+,37+/m0/s1. The number of methoxy groups -OCH3 is 1. The smallest absolute Gasteiger partial charge is 0.331 e. The molecule has 0 saturated carbocycles. The van der Waals surface area contributed by atoms with Crippen LogP contribution in [0.2, 0.25) is 0 Å². The highest BCUT2D eigenvalue weighted by Gasteiger charge is 2.60. The molecule has 3 aromatic carbocycles. The van der Waals surface area contributed by atoms with E-state index >= 15 is 0 Å². The molecule has 10 rings (SSSR count). The Bertz CT molecular complexity index is 2050. The van der Waals surface area contributed by atoms with E-state index < -0.39 is 40.9 Å². The number of phenols is 3. The van der Waals surface area contributed by atoms with Crippen molar-refractivity contribution in [1.82, 2.24) is 15.5 Å². The van der Waals surface area contributed by atoms with Crippen LogP contribution in [0, 0.1) is 32.1 Å². The Morgan fingerprint density at radius 1 is 1.02 bits per heavy atom. The third kappa shape index (κ3) is 4.07. The van der Waals surface area contributed by atoms with Gasteiger partial charge < -0.3 is 39.6 Å². The maximum atomic E-state index is 14.5. The Labute approximate surface area is 293 Å². The number of ether oxygens (including phenoxy) is 4. The predicted molar refractivity (Wildman–Crippen MR) is 182 cm³/mol. The average Bonchev–Trinajstić information content (AvgIpc) is 3.59. The van der Waals surface area contributed by atoms with E-state index in [9.17, 15) is 25.4 Å². The predicted octanol–water partition coefficient (Wildman–Crippen LogP) is 3.72. The lowest BCUT2D eigenvalue weighted by Crippen LogP contribution is -2.69. The number of piperazine rings is 1. The number of nitrogens with one attached hydrogen (secondary N) is 2. The molecule has 7 heterocycles. The molecule has 3 aromatic rings. The van der Waals surface area contributed by atoms with E-state index in [1.165, 1.54) is 18.9 Å². The average molecular weight is 699 g/mol. The Balaban J connectivity index is 1.30. The minimum absolute atomic E-state index is 0.0231. The maximum absolute atomic E-state index is 14.5. The number of phenolic OH excluding ortho intramolecular Hbond substituents is 3. The molecule has 0 amide bonds. The minimum atomic E-state index is -1.24. The van der Waals surface area contributed by atoms with E-state index in [4.69, 9.17) is 18.9 Å². The lowest BCUT2D eigenvalue weighted by atomic mass is 9.72. The fraction of sp³-hybridized carbons (Fsp3) is 0.459. The molecular formula is C37H38N4O8S. The van der Waals surface area contributed by atoms with E-state index in [2.05, 4.69) is 21.6 Å². The number of benzene rings is 3. The van der Waals surface area contributed by atoms with E-state index in [1.807, 2.05) is 26.0 Å². The lowest BCUT2D eigenvalue weighted by molar-refractivity contribution is -0.155. The molecule has 0 aromatic heterocycles. The Hall–Kier alpha value is -4.35. The van der Waals surface area contributed by atoms with Crippen LogP contribution in [0.4, 0.5) is 0 Å². The van der Waals surface area contributed by atoms with Gasteiger partial charge in [-0.3, -0.25) is 10.2 Å². The van der Waals surface area contributed by atoms with E-state index in [0.717, 1.165) is 22.3 Å². The third-order valence-corrected chi connectivity index (χ3v) is 13.2. The zero-order valence-corrected chi connectivity index (χ0v) is 28.9. The van der Waals surface area contributed by atoms with Crippen molar-refractivity contribution in [1.29, 1.82) is 5.26 Å². The van der Waals surface area contributed by atoms with Crippen LogP contribution in [0.25, 0.3) is 0 Å². The summed E-state index contributed by atoms with van der Waals surface area (Å²) in [5, 5.41) is 52.1. The van der Waals surface area contributed by atoms with Crippen LogP contribution >= 0.6 is 11.8 Å². The number of rotatable bonds is 1. The molecule has 2 saturated heterocycles. The highest BCUT2D eigenvalue weighted by atomic mass is 32.2. The van der Waals surface area contributed by atoms with Gasteiger partial charge in [0.1, 0.15) is 24.1 Å². The number of nitrogens with zero attached hydrogens (tertiary/aromatic N) is 2. The zero-order valence-electron chi connectivity index (χ0n) is 28.1. The molecule has 0 radical (unpaired) electrons. The van der Waals surface area contributed by atoms with Gasteiger partial charge in [0.15, 0.2) is 28.5 Å². The number of thioether (sulfide) groups is 1. The quantitative estimate of drug-likeness (QED) is 0.234. The number of fused-ring (bicyclic) bond motifs is 9. The van der Waals surface area contributed by atoms with Gasteiger partial charge in [-0.2, -0.15) is 5.26 Å². The molecule has 2 fully saturated rings. The summed E-state index contributed by atoms with van der Waals surface area (Å²) in [6.45, 7) is 5.86. The lowest BCUT2D eigenvalue weighted by Gasteiger charge is -2.59. The first-order valence-electron chi connectivity index (χ1n) is 16.9. The summed E-state index contributed by atoms with van der Waals surface area (Å²) in [6, 6.07) is 5.63. The number of aryl methyl sites for hydroxylation is 2. The Morgan fingerprint density at radius 2 is 1.82 bits per heavy atom. The molecule has 260 valence electrons. The monoisotopic (exact) mass is 698 g/mol. The van der Waals surface area contributed by atoms with Crippen LogP contribution in [0.3, 0.4) is 0 Å². The largest absolute Gasteiger partial charge is 0.508 e. The van der Waals surface area contributed by atoms with Gasteiger partial charge in [0, 0.05) is 46.6 Å². The van der Waals surface area contributed by atoms with Gasteiger partial charge in [-0.1, -0.05) is 6.07 Å². The van der Waals surface area contributed by atoms with Crippen molar-refractivity contribution in [2.75, 3.05) is 32.8 Å². The molecule has 7 atom stereocenters. The van der Waals surface area contributed by atoms with Crippen LogP contribution < -0.4 is 24.8 Å². The van der Waals surface area contributed by atoms with Gasteiger partial charge in [0.2, 0.25) is 6.79 Å². The van der Waals surface area contributed by atoms with Crippen molar-refractivity contribution in [2.45, 2.75) is 74.6 Å². The van der Waals surface area contributed by atoms with Crippen molar-refractivity contribution < 1.29 is 39.1 Å². The van der Waals surface area contributed by atoms with Crippen molar-refractivity contribution in [3.63, 3.8) is 0 Å². The van der Waals surface area contributed by atoms with Crippen LogP contribution in [0.15, 0.2) is 18.2 Å². The number of carbonyl (C=O) groups excluding carboxylic acids is 1. The second-order valence-electron chi connectivity index (χ2n) is 14.2. The molecular weight excluding hydrogens is 660 g/mol. The van der Waals surface area contributed by atoms with E-state index in [-0.39, 0.29) is 42.4 Å². The molecule has 13 heteroatoms. The van der Waals surface area contributed by atoms with Gasteiger partial charge >= 0.3 is 5.97 Å². The second kappa shape index (κ2) is 11.1. The van der Waals surface area contributed by atoms with Crippen LogP contribution in [0.1, 0.15) is 67.4 Å². The Kier molecular flexibility index (Phi) is 7.00. The molecule has 0 aliphatic carbocycles. The third-order valence-electron chi connectivity index (χ3n) is 11.7. The topological polar surface area (TPSA) is 166 Å². The number of aromatic hydroxyl groups is 3. The van der Waals surface area contributed by atoms with Crippen LogP contribution in [-0.2, 0) is 27.9 Å². The van der Waals surface area contributed by atoms with E-state index in [1.54, 1.807) is 13.0 Å². The summed E-state index contributed by atoms with van der Waals surface area (Å²) < 4.78 is 24.0. The Morgan fingerprint density at radius 3 is 2.60 bits per heavy atom. The van der Waals surface area contributed by atoms with E-state index in [0.29, 0.717) is 64.5 Å². The highest BCUT2D eigenvalue weighted by Crippen LogP contribution is 2.63. The molecule has 7 aliphatic rings. The van der Waals surface area contributed by atoms with Crippen molar-refractivity contribution in [3.8, 4) is 40.6 Å². The zero-order chi connectivity index (χ0) is 34.8. The minimum Gasteiger partial charge on any atom is -0.508 e. The number of hydrogen-bond donors (Lipinski definition) is 5. The fourth-order valence-corrected chi connectivity index (χ4v) is 11.2. The van der Waals surface area contributed by atoms with Crippen molar-refractivity contribution >= 4 is 17.7 Å². The number of carbonyl (C=O) groups is 1. The number of hydrogen-bond acceptors (Lipinski definition) is 13. The molecule has 1 spiro atoms. The van der Waals surface area contributed by atoms with Gasteiger partial charge in [-0.25, -0.2) is 4.79 Å². The molecule has 12 nitrogen and oxygen atoms in total. The summed E-state index contributed by atoms with van der Waals surface area (Å²) in [6.07, 6.45) is 1.13. The molecule has 4 bridgehead atoms. The SMILES string of the molecule is COc1c(C)cc2c(c1O)[C@H]1N[C@@H](C2)[C@H](C#N)N2C1[C@@H]1SC[C@]3(NCCc4cc(O)c(C)cc43)C(=O)OC[C@H]2c2c3c(c(C)c(O)c21)OCO3.